The zero-order valence-electron chi connectivity index (χ0n) is 21.8. The highest BCUT2D eigenvalue weighted by molar-refractivity contribution is 5.80. The minimum Gasteiger partial charge on any atom is -0.481 e. The summed E-state index contributed by atoms with van der Waals surface area (Å²) >= 11 is 0. The van der Waals surface area contributed by atoms with Gasteiger partial charge in [-0.1, -0.05) is 92.7 Å². The van der Waals surface area contributed by atoms with E-state index >= 15 is 0 Å². The number of nitrogens with one attached hydrogen (secondary N) is 1. The molecule has 0 aliphatic heterocycles. The number of ether oxygens (including phenoxy) is 1. The van der Waals surface area contributed by atoms with Crippen LogP contribution in [0, 0.1) is 5.92 Å². The fraction of sp³-hybridized carbons (Fsp3) is 0.323. The lowest BCUT2D eigenvalue weighted by molar-refractivity contribution is -0.139. The van der Waals surface area contributed by atoms with E-state index in [1.54, 1.807) is 0 Å². The molecule has 0 heterocycles. The number of alkyl carbamates (subject to hydrolysis) is 1. The van der Waals surface area contributed by atoms with Gasteiger partial charge in [0.25, 0.3) is 0 Å². The molecule has 198 valence electrons. The minimum absolute atomic E-state index is 0.0301. The van der Waals surface area contributed by atoms with Crippen molar-refractivity contribution in [2.24, 2.45) is 5.92 Å². The van der Waals surface area contributed by atoms with E-state index in [0.717, 1.165) is 27.8 Å². The maximum atomic E-state index is 13.2. The van der Waals surface area contributed by atoms with Crippen molar-refractivity contribution in [2.45, 2.75) is 45.2 Å². The number of fused-ring (bicyclic) bond motifs is 3. The molecular weight excluding hydrogens is 480 g/mol. The van der Waals surface area contributed by atoms with Crippen LogP contribution in [-0.4, -0.2) is 47.2 Å². The average molecular weight is 515 g/mol. The van der Waals surface area contributed by atoms with Crippen LogP contribution < -0.4 is 5.32 Å². The lowest BCUT2D eigenvalue weighted by Crippen LogP contribution is -2.44. The van der Waals surface area contributed by atoms with Crippen LogP contribution in [0.15, 0.2) is 78.9 Å². The zero-order chi connectivity index (χ0) is 27.1. The average Bonchev–Trinajstić information content (AvgIpc) is 3.23. The van der Waals surface area contributed by atoms with E-state index in [-0.39, 0.29) is 43.7 Å². The summed E-state index contributed by atoms with van der Waals surface area (Å²) in [5, 5.41) is 12.0. The first-order chi connectivity index (χ1) is 18.3. The quantitative estimate of drug-likeness (QED) is 0.355. The van der Waals surface area contributed by atoms with E-state index in [0.29, 0.717) is 6.54 Å². The van der Waals surface area contributed by atoms with E-state index in [1.807, 2.05) is 68.4 Å². The maximum Gasteiger partial charge on any atom is 0.407 e. The van der Waals surface area contributed by atoms with Gasteiger partial charge in [0.2, 0.25) is 5.91 Å². The first-order valence-electron chi connectivity index (χ1n) is 13.0. The van der Waals surface area contributed by atoms with Gasteiger partial charge in [0, 0.05) is 31.5 Å². The summed E-state index contributed by atoms with van der Waals surface area (Å²) in [6.07, 6.45) is -0.669. The highest BCUT2D eigenvalue weighted by atomic mass is 16.5. The molecule has 0 aromatic heterocycles. The summed E-state index contributed by atoms with van der Waals surface area (Å²) in [6.45, 7) is 4.46. The van der Waals surface area contributed by atoms with Crippen molar-refractivity contribution in [3.05, 3.63) is 95.6 Å². The molecule has 1 aliphatic carbocycles. The van der Waals surface area contributed by atoms with Gasteiger partial charge in [0.1, 0.15) is 6.61 Å². The molecule has 0 spiro atoms. The van der Waals surface area contributed by atoms with Gasteiger partial charge in [0.05, 0.1) is 6.42 Å². The smallest absolute Gasteiger partial charge is 0.407 e. The maximum absolute atomic E-state index is 13.2. The summed E-state index contributed by atoms with van der Waals surface area (Å²) in [5.41, 5.74) is 5.49. The number of carbonyl (C=O) groups excluding carboxylic acids is 2. The van der Waals surface area contributed by atoms with Gasteiger partial charge in [0.15, 0.2) is 0 Å². The van der Waals surface area contributed by atoms with Gasteiger partial charge < -0.3 is 20.1 Å². The number of benzene rings is 3. The van der Waals surface area contributed by atoms with Crippen LogP contribution in [-0.2, 0) is 20.9 Å². The molecule has 3 aromatic rings. The van der Waals surface area contributed by atoms with Crippen LogP contribution in [0.3, 0.4) is 0 Å². The Morgan fingerprint density at radius 2 is 1.47 bits per heavy atom. The molecule has 1 unspecified atom stereocenters. The second-order valence-electron chi connectivity index (χ2n) is 9.97. The normalized spacial score (nSPS) is 12.9. The van der Waals surface area contributed by atoms with Crippen molar-refractivity contribution in [3.63, 3.8) is 0 Å². The van der Waals surface area contributed by atoms with Gasteiger partial charge in [-0.05, 0) is 33.7 Å². The van der Waals surface area contributed by atoms with Gasteiger partial charge in [-0.15, -0.1) is 0 Å². The van der Waals surface area contributed by atoms with Crippen LogP contribution in [0.1, 0.15) is 49.3 Å². The monoisotopic (exact) mass is 514 g/mol. The third-order valence-corrected chi connectivity index (χ3v) is 7.01. The highest BCUT2D eigenvalue weighted by Gasteiger charge is 2.30. The number of carbonyl (C=O) groups is 3. The molecule has 38 heavy (non-hydrogen) atoms. The van der Waals surface area contributed by atoms with Crippen LogP contribution in [0.25, 0.3) is 11.1 Å². The number of amides is 2. The fourth-order valence-electron chi connectivity index (χ4n) is 4.89. The third kappa shape index (κ3) is 6.59. The molecule has 2 amide bonds. The third-order valence-electron chi connectivity index (χ3n) is 7.01. The van der Waals surface area contributed by atoms with Gasteiger partial charge in [-0.2, -0.15) is 0 Å². The first kappa shape index (κ1) is 26.9. The molecule has 4 rings (SSSR count). The number of rotatable bonds is 11. The van der Waals surface area contributed by atoms with E-state index in [9.17, 15) is 14.4 Å². The molecule has 7 heteroatoms. The fourth-order valence-corrected chi connectivity index (χ4v) is 4.89. The Bertz CT molecular complexity index is 1230. The second kappa shape index (κ2) is 12.4. The largest absolute Gasteiger partial charge is 0.481 e. The highest BCUT2D eigenvalue weighted by Crippen LogP contribution is 2.44. The number of hydrogen-bond donors (Lipinski definition) is 2. The molecule has 7 nitrogen and oxygen atoms in total. The summed E-state index contributed by atoms with van der Waals surface area (Å²) in [7, 11) is 0. The van der Waals surface area contributed by atoms with E-state index in [1.165, 1.54) is 4.90 Å². The van der Waals surface area contributed by atoms with Crippen LogP contribution in [0.2, 0.25) is 0 Å². The standard InChI is InChI=1S/C31H34N2O5/c1-21(2)28(18-29(34)33(17-16-30(35)36)19-22-10-4-3-5-11-22)32-31(37)38-20-27-25-14-8-6-12-23(25)24-13-7-9-15-26(24)27/h3-15,21,27-28H,16-20H2,1-2H3,(H,32,37)(H,35,36). The zero-order valence-corrected chi connectivity index (χ0v) is 21.8. The lowest BCUT2D eigenvalue weighted by atomic mass is 9.98. The van der Waals surface area contributed by atoms with Crippen molar-refractivity contribution < 1.29 is 24.2 Å². The summed E-state index contributed by atoms with van der Waals surface area (Å²) in [4.78, 5) is 38.8. The SMILES string of the molecule is CC(C)C(CC(=O)N(CCC(=O)O)Cc1ccccc1)NC(=O)OCC1c2ccccc2-c2ccccc21. The van der Waals surface area contributed by atoms with Crippen molar-refractivity contribution in [1.29, 1.82) is 0 Å². The Morgan fingerprint density at radius 3 is 2.05 bits per heavy atom. The molecule has 1 aliphatic rings. The minimum atomic E-state index is -0.965. The van der Waals surface area contributed by atoms with Crippen LogP contribution in [0.5, 0.6) is 0 Å². The van der Waals surface area contributed by atoms with Crippen molar-refractivity contribution in [2.75, 3.05) is 13.2 Å². The second-order valence-corrected chi connectivity index (χ2v) is 9.97. The predicted octanol–water partition coefficient (Wildman–Crippen LogP) is 5.44. The van der Waals surface area contributed by atoms with Crippen LogP contribution in [0.4, 0.5) is 4.79 Å². The summed E-state index contributed by atoms with van der Waals surface area (Å²) in [6, 6.07) is 25.3. The molecule has 3 aromatic carbocycles. The van der Waals surface area contributed by atoms with Gasteiger partial charge in [-0.25, -0.2) is 4.79 Å². The van der Waals surface area contributed by atoms with Gasteiger partial charge in [-0.3, -0.25) is 9.59 Å². The molecular formula is C31H34N2O5. The number of hydrogen-bond acceptors (Lipinski definition) is 4. The molecule has 0 saturated heterocycles. The van der Waals surface area contributed by atoms with Crippen molar-refractivity contribution in [1.82, 2.24) is 10.2 Å². The number of nitrogens with zero attached hydrogens (tertiary/aromatic N) is 1. The Morgan fingerprint density at radius 1 is 0.895 bits per heavy atom. The Kier molecular flexibility index (Phi) is 8.79. The van der Waals surface area contributed by atoms with E-state index < -0.39 is 18.1 Å². The molecule has 0 saturated carbocycles. The predicted molar refractivity (Wildman–Crippen MR) is 146 cm³/mol. The Hall–Kier alpha value is -4.13. The number of carboxylic acids is 1. The van der Waals surface area contributed by atoms with E-state index in [2.05, 4.69) is 29.6 Å². The summed E-state index contributed by atoms with van der Waals surface area (Å²) in [5.74, 6) is -1.26. The van der Waals surface area contributed by atoms with Crippen LogP contribution >= 0.6 is 0 Å². The molecule has 1 atom stereocenters. The molecule has 2 N–H and O–H groups in total. The van der Waals surface area contributed by atoms with Crippen molar-refractivity contribution in [3.8, 4) is 11.1 Å². The lowest BCUT2D eigenvalue weighted by Gasteiger charge is -2.27. The Labute approximate surface area is 223 Å². The number of carboxylic acid groups (broad SMARTS) is 1. The molecule has 0 fully saturated rings. The first-order valence-corrected chi connectivity index (χ1v) is 13.0. The van der Waals surface area contributed by atoms with E-state index in [4.69, 9.17) is 9.84 Å². The summed E-state index contributed by atoms with van der Waals surface area (Å²) < 4.78 is 5.68. The van der Waals surface area contributed by atoms with Gasteiger partial charge >= 0.3 is 12.1 Å². The molecule has 0 bridgehead atoms. The Balaban J connectivity index is 1.39. The number of aliphatic carboxylic acids is 1. The van der Waals surface area contributed by atoms with Crippen molar-refractivity contribution >= 4 is 18.0 Å². The molecule has 0 radical (unpaired) electrons. The topological polar surface area (TPSA) is 95.9 Å².